The monoisotopic (exact) mass is 462 g/mol. The second-order valence-electron chi connectivity index (χ2n) is 10.5. The number of aromatic nitrogens is 5. The standard InChI is InChI=1S/C27H38N6O/c1-4-24(26-29-30-31-33(26)23-12-6-5-7-13-23)32(22-10-8-9-11-22)17-21-16-20-15-18(2)14-19(3)25(20)28-27(21)34/h14-16,22-24H,4-13,17H2,1-3H3,(H,28,34)/t24-/m1/s1. The Morgan fingerprint density at radius 2 is 1.79 bits per heavy atom. The first kappa shape index (κ1) is 23.2. The lowest BCUT2D eigenvalue weighted by atomic mass is 9.95. The van der Waals surface area contributed by atoms with Crippen molar-refractivity contribution < 1.29 is 0 Å². The molecule has 5 rings (SSSR count). The Balaban J connectivity index is 1.52. The topological polar surface area (TPSA) is 79.7 Å². The zero-order chi connectivity index (χ0) is 23.7. The van der Waals surface area contributed by atoms with E-state index in [2.05, 4.69) is 69.1 Å². The molecular formula is C27H38N6O. The lowest BCUT2D eigenvalue weighted by molar-refractivity contribution is 0.109. The van der Waals surface area contributed by atoms with E-state index in [4.69, 9.17) is 0 Å². The highest BCUT2D eigenvalue weighted by Gasteiger charge is 2.34. The number of tetrazole rings is 1. The Hall–Kier alpha value is -2.54. The number of hydrogen-bond acceptors (Lipinski definition) is 5. The number of rotatable bonds is 7. The number of aryl methyl sites for hydroxylation is 2. The summed E-state index contributed by atoms with van der Waals surface area (Å²) in [5, 5.41) is 14.3. The van der Waals surface area contributed by atoms with E-state index in [1.807, 2.05) is 0 Å². The van der Waals surface area contributed by atoms with Gasteiger partial charge in [-0.2, -0.15) is 0 Å². The summed E-state index contributed by atoms with van der Waals surface area (Å²) < 4.78 is 2.12. The summed E-state index contributed by atoms with van der Waals surface area (Å²) in [6.07, 6.45) is 11.9. The van der Waals surface area contributed by atoms with Crippen molar-refractivity contribution in [2.24, 2.45) is 0 Å². The minimum atomic E-state index is 0.0178. The van der Waals surface area contributed by atoms with E-state index in [0.717, 1.165) is 47.1 Å². The van der Waals surface area contributed by atoms with Crippen LogP contribution in [0.4, 0.5) is 0 Å². The molecule has 7 nitrogen and oxygen atoms in total. The third-order valence-electron chi connectivity index (χ3n) is 8.04. The van der Waals surface area contributed by atoms with Crippen LogP contribution in [0.3, 0.4) is 0 Å². The number of pyridine rings is 1. The predicted octanol–water partition coefficient (Wildman–Crippen LogP) is 5.53. The second-order valence-corrected chi connectivity index (χ2v) is 10.5. The van der Waals surface area contributed by atoms with Crippen molar-refractivity contribution in [2.45, 2.75) is 110 Å². The Labute approximate surface area is 201 Å². The van der Waals surface area contributed by atoms with Gasteiger partial charge in [-0.1, -0.05) is 50.7 Å². The first-order valence-corrected chi connectivity index (χ1v) is 13.2. The Morgan fingerprint density at radius 1 is 1.06 bits per heavy atom. The van der Waals surface area contributed by atoms with Crippen LogP contribution in [0.1, 0.15) is 106 Å². The third kappa shape index (κ3) is 4.54. The summed E-state index contributed by atoms with van der Waals surface area (Å²) in [4.78, 5) is 18.9. The molecule has 2 aliphatic rings. The Morgan fingerprint density at radius 3 is 2.53 bits per heavy atom. The van der Waals surface area contributed by atoms with Gasteiger partial charge >= 0.3 is 0 Å². The molecule has 0 aliphatic heterocycles. The molecule has 182 valence electrons. The van der Waals surface area contributed by atoms with Crippen molar-refractivity contribution in [3.8, 4) is 0 Å². The van der Waals surface area contributed by atoms with Crippen LogP contribution in [-0.2, 0) is 6.54 Å². The van der Waals surface area contributed by atoms with E-state index in [1.54, 1.807) is 0 Å². The first-order chi connectivity index (χ1) is 16.5. The second kappa shape index (κ2) is 9.98. The fourth-order valence-electron chi connectivity index (χ4n) is 6.35. The molecule has 2 heterocycles. The van der Waals surface area contributed by atoms with E-state index in [-0.39, 0.29) is 11.6 Å². The van der Waals surface area contributed by atoms with Gasteiger partial charge < -0.3 is 4.98 Å². The molecule has 3 aromatic rings. The van der Waals surface area contributed by atoms with Crippen LogP contribution in [0.5, 0.6) is 0 Å². The van der Waals surface area contributed by atoms with Gasteiger partial charge in [0.05, 0.1) is 17.6 Å². The van der Waals surface area contributed by atoms with E-state index in [1.165, 1.54) is 50.5 Å². The molecule has 34 heavy (non-hydrogen) atoms. The first-order valence-electron chi connectivity index (χ1n) is 13.2. The van der Waals surface area contributed by atoms with Crippen LogP contribution >= 0.6 is 0 Å². The van der Waals surface area contributed by atoms with Gasteiger partial charge in [0.2, 0.25) is 0 Å². The van der Waals surface area contributed by atoms with Gasteiger partial charge in [-0.05, 0) is 79.5 Å². The molecule has 0 bridgehead atoms. The molecule has 0 radical (unpaired) electrons. The van der Waals surface area contributed by atoms with Gasteiger partial charge in [0.15, 0.2) is 5.82 Å². The Bertz CT molecular complexity index is 1190. The zero-order valence-corrected chi connectivity index (χ0v) is 20.9. The smallest absolute Gasteiger partial charge is 0.252 e. The van der Waals surface area contributed by atoms with Gasteiger partial charge in [0, 0.05) is 18.2 Å². The number of nitrogens with one attached hydrogen (secondary N) is 1. The van der Waals surface area contributed by atoms with Crippen molar-refractivity contribution >= 4 is 10.9 Å². The molecule has 0 unspecified atom stereocenters. The summed E-state index contributed by atoms with van der Waals surface area (Å²) in [5.74, 6) is 0.977. The summed E-state index contributed by atoms with van der Waals surface area (Å²) in [5.41, 5.74) is 4.13. The molecule has 2 saturated carbocycles. The van der Waals surface area contributed by atoms with Crippen LogP contribution in [0.15, 0.2) is 23.0 Å². The van der Waals surface area contributed by atoms with E-state index < -0.39 is 0 Å². The maximum absolute atomic E-state index is 13.2. The zero-order valence-electron chi connectivity index (χ0n) is 20.9. The average molecular weight is 463 g/mol. The SMILES string of the molecule is CC[C@H](c1nnnn1C1CCCCC1)N(Cc1cc2cc(C)cc(C)c2[nH]c1=O)C1CCCC1. The fraction of sp³-hybridized carbons (Fsp3) is 0.630. The average Bonchev–Trinajstić information content (AvgIpc) is 3.53. The number of fused-ring (bicyclic) bond motifs is 1. The lowest BCUT2D eigenvalue weighted by Gasteiger charge is -2.36. The van der Waals surface area contributed by atoms with E-state index in [9.17, 15) is 4.79 Å². The van der Waals surface area contributed by atoms with Crippen molar-refractivity contribution in [2.75, 3.05) is 0 Å². The molecule has 2 aromatic heterocycles. The number of H-pyrrole nitrogens is 1. The highest BCUT2D eigenvalue weighted by Crippen LogP contribution is 2.36. The Kier molecular flexibility index (Phi) is 6.82. The molecule has 0 amide bonds. The van der Waals surface area contributed by atoms with Crippen LogP contribution in [0.2, 0.25) is 0 Å². The van der Waals surface area contributed by atoms with E-state index in [0.29, 0.717) is 18.6 Å². The highest BCUT2D eigenvalue weighted by molar-refractivity contribution is 5.82. The maximum atomic E-state index is 13.2. The maximum Gasteiger partial charge on any atom is 0.252 e. The summed E-state index contributed by atoms with van der Waals surface area (Å²) in [6, 6.07) is 7.36. The highest BCUT2D eigenvalue weighted by atomic mass is 16.1. The molecule has 2 fully saturated rings. The molecule has 1 aromatic carbocycles. The van der Waals surface area contributed by atoms with Crippen LogP contribution in [0.25, 0.3) is 10.9 Å². The number of nitrogens with zero attached hydrogens (tertiary/aromatic N) is 5. The van der Waals surface area contributed by atoms with Crippen molar-refractivity contribution in [1.82, 2.24) is 30.1 Å². The number of benzene rings is 1. The molecule has 0 saturated heterocycles. The van der Waals surface area contributed by atoms with E-state index >= 15 is 0 Å². The molecule has 2 aliphatic carbocycles. The van der Waals surface area contributed by atoms with Gasteiger partial charge in [-0.3, -0.25) is 9.69 Å². The number of aromatic amines is 1. The summed E-state index contributed by atoms with van der Waals surface area (Å²) >= 11 is 0. The lowest BCUT2D eigenvalue weighted by Crippen LogP contribution is -2.39. The van der Waals surface area contributed by atoms with Gasteiger partial charge in [0.25, 0.3) is 5.56 Å². The number of hydrogen-bond donors (Lipinski definition) is 1. The van der Waals surface area contributed by atoms with Crippen LogP contribution in [-0.4, -0.2) is 36.1 Å². The molecule has 7 heteroatoms. The minimum absolute atomic E-state index is 0.0178. The molecule has 0 spiro atoms. The quantitative estimate of drug-likeness (QED) is 0.499. The van der Waals surface area contributed by atoms with Crippen molar-refractivity contribution in [3.63, 3.8) is 0 Å². The van der Waals surface area contributed by atoms with Gasteiger partial charge in [0.1, 0.15) is 0 Å². The largest absolute Gasteiger partial charge is 0.321 e. The summed E-state index contributed by atoms with van der Waals surface area (Å²) in [7, 11) is 0. The van der Waals surface area contributed by atoms with Crippen molar-refractivity contribution in [3.05, 3.63) is 51.1 Å². The summed E-state index contributed by atoms with van der Waals surface area (Å²) in [6.45, 7) is 7.02. The molecular weight excluding hydrogens is 424 g/mol. The van der Waals surface area contributed by atoms with Gasteiger partial charge in [-0.25, -0.2) is 4.68 Å². The predicted molar refractivity (Wildman–Crippen MR) is 135 cm³/mol. The third-order valence-corrected chi connectivity index (χ3v) is 8.04. The van der Waals surface area contributed by atoms with Gasteiger partial charge in [-0.15, -0.1) is 5.10 Å². The minimum Gasteiger partial charge on any atom is -0.321 e. The molecule has 1 atom stereocenters. The van der Waals surface area contributed by atoms with Crippen molar-refractivity contribution in [1.29, 1.82) is 0 Å². The van der Waals surface area contributed by atoms with Crippen LogP contribution < -0.4 is 5.56 Å². The normalized spacial score (nSPS) is 18.8. The van der Waals surface area contributed by atoms with Crippen LogP contribution in [0, 0.1) is 13.8 Å². The fourth-order valence-corrected chi connectivity index (χ4v) is 6.35. The molecule has 1 N–H and O–H groups in total.